The first kappa shape index (κ1) is 20.8. The molecule has 0 aliphatic heterocycles. The molecule has 1 aromatic carbocycles. The molecular formula is C24H38. The molecule has 0 heteroatoms. The van der Waals surface area contributed by atoms with Crippen molar-refractivity contribution in [3.05, 3.63) is 34.9 Å². The summed E-state index contributed by atoms with van der Waals surface area (Å²) in [5, 5.41) is 0. The molecular weight excluding hydrogens is 288 g/mol. The van der Waals surface area contributed by atoms with Gasteiger partial charge in [0.05, 0.1) is 0 Å². The van der Waals surface area contributed by atoms with Crippen LogP contribution >= 0.6 is 0 Å². The average molecular weight is 327 g/mol. The molecule has 0 bridgehead atoms. The molecule has 1 aromatic rings. The zero-order valence-corrected chi connectivity index (χ0v) is 16.2. The molecule has 0 nitrogen and oxygen atoms in total. The number of unbranched alkanes of at least 4 members (excludes halogenated alkanes) is 10. The van der Waals surface area contributed by atoms with Gasteiger partial charge in [-0.25, -0.2) is 0 Å². The molecule has 0 amide bonds. The highest BCUT2D eigenvalue weighted by Crippen LogP contribution is 2.17. The van der Waals surface area contributed by atoms with Gasteiger partial charge in [-0.3, -0.25) is 0 Å². The van der Waals surface area contributed by atoms with Crippen molar-refractivity contribution in [2.75, 3.05) is 0 Å². The van der Waals surface area contributed by atoms with E-state index in [9.17, 15) is 0 Å². The van der Waals surface area contributed by atoms with E-state index in [2.05, 4.69) is 38.0 Å². The Morgan fingerprint density at radius 3 is 1.83 bits per heavy atom. The summed E-state index contributed by atoms with van der Waals surface area (Å²) in [5.41, 5.74) is 3.93. The molecule has 0 heterocycles. The number of benzene rings is 1. The van der Waals surface area contributed by atoms with Crippen molar-refractivity contribution in [2.24, 2.45) is 0 Å². The molecule has 0 aliphatic rings. The van der Waals surface area contributed by atoms with E-state index in [4.69, 9.17) is 6.42 Å². The van der Waals surface area contributed by atoms with Crippen LogP contribution in [0.3, 0.4) is 0 Å². The molecule has 0 aromatic heterocycles. The predicted molar refractivity (Wildman–Crippen MR) is 109 cm³/mol. The minimum Gasteiger partial charge on any atom is -0.115 e. The van der Waals surface area contributed by atoms with Crippen LogP contribution in [0, 0.1) is 12.3 Å². The van der Waals surface area contributed by atoms with E-state index < -0.39 is 0 Å². The summed E-state index contributed by atoms with van der Waals surface area (Å²) >= 11 is 0. The SMILES string of the molecule is C#Cc1cc(CCCCCCCC)ccc1CCCCCCCC. The Kier molecular flexibility index (Phi) is 12.3. The zero-order valence-electron chi connectivity index (χ0n) is 16.2. The molecule has 0 atom stereocenters. The summed E-state index contributed by atoms with van der Waals surface area (Å²) in [6, 6.07) is 6.85. The van der Waals surface area contributed by atoms with Gasteiger partial charge in [-0.1, -0.05) is 96.1 Å². The van der Waals surface area contributed by atoms with E-state index in [-0.39, 0.29) is 0 Å². The first-order valence-corrected chi connectivity index (χ1v) is 10.4. The zero-order chi connectivity index (χ0) is 17.5. The van der Waals surface area contributed by atoms with Gasteiger partial charge in [0.2, 0.25) is 0 Å². The summed E-state index contributed by atoms with van der Waals surface area (Å²) in [7, 11) is 0. The fourth-order valence-electron chi connectivity index (χ4n) is 3.34. The van der Waals surface area contributed by atoms with E-state index in [0.29, 0.717) is 0 Å². The van der Waals surface area contributed by atoms with Crippen LogP contribution in [0.4, 0.5) is 0 Å². The Hall–Kier alpha value is -1.22. The van der Waals surface area contributed by atoms with E-state index in [0.717, 1.165) is 12.0 Å². The van der Waals surface area contributed by atoms with Gasteiger partial charge in [-0.15, -0.1) is 6.42 Å². The predicted octanol–water partition coefficient (Wildman–Crippen LogP) is 7.47. The highest BCUT2D eigenvalue weighted by molar-refractivity contribution is 5.42. The van der Waals surface area contributed by atoms with Crippen molar-refractivity contribution in [1.29, 1.82) is 0 Å². The lowest BCUT2D eigenvalue weighted by Crippen LogP contribution is -1.94. The van der Waals surface area contributed by atoms with E-state index in [1.54, 1.807) is 0 Å². The third kappa shape index (κ3) is 9.17. The van der Waals surface area contributed by atoms with E-state index in [1.165, 1.54) is 94.6 Å². The van der Waals surface area contributed by atoms with Crippen LogP contribution in [-0.4, -0.2) is 0 Å². The van der Waals surface area contributed by atoms with Crippen LogP contribution in [0.25, 0.3) is 0 Å². The second-order valence-electron chi connectivity index (χ2n) is 7.17. The van der Waals surface area contributed by atoms with Gasteiger partial charge in [-0.2, -0.15) is 0 Å². The fraction of sp³-hybridized carbons (Fsp3) is 0.667. The highest BCUT2D eigenvalue weighted by Gasteiger charge is 2.03. The fourth-order valence-corrected chi connectivity index (χ4v) is 3.34. The topological polar surface area (TPSA) is 0 Å². The van der Waals surface area contributed by atoms with Crippen LogP contribution in [0.15, 0.2) is 18.2 Å². The molecule has 0 saturated carbocycles. The summed E-state index contributed by atoms with van der Waals surface area (Å²) in [4.78, 5) is 0. The van der Waals surface area contributed by atoms with Crippen LogP contribution < -0.4 is 0 Å². The molecule has 0 fully saturated rings. The van der Waals surface area contributed by atoms with Crippen LogP contribution in [0.2, 0.25) is 0 Å². The molecule has 0 unspecified atom stereocenters. The number of hydrogen-bond acceptors (Lipinski definition) is 0. The first-order chi connectivity index (χ1) is 11.8. The summed E-state index contributed by atoms with van der Waals surface area (Å²) < 4.78 is 0. The van der Waals surface area contributed by atoms with Gasteiger partial charge in [-0.05, 0) is 42.9 Å². The van der Waals surface area contributed by atoms with Gasteiger partial charge in [0.25, 0.3) is 0 Å². The van der Waals surface area contributed by atoms with E-state index >= 15 is 0 Å². The van der Waals surface area contributed by atoms with Crippen LogP contribution in [-0.2, 0) is 12.8 Å². The van der Waals surface area contributed by atoms with Crippen molar-refractivity contribution < 1.29 is 0 Å². The molecule has 0 spiro atoms. The van der Waals surface area contributed by atoms with Gasteiger partial charge < -0.3 is 0 Å². The van der Waals surface area contributed by atoms with Gasteiger partial charge in [0.15, 0.2) is 0 Å². The lowest BCUT2D eigenvalue weighted by atomic mass is 9.96. The smallest absolute Gasteiger partial charge is 0.0277 e. The maximum atomic E-state index is 5.75. The van der Waals surface area contributed by atoms with Gasteiger partial charge in [0.1, 0.15) is 0 Å². The molecule has 0 N–H and O–H groups in total. The molecule has 0 aliphatic carbocycles. The molecule has 0 radical (unpaired) electrons. The summed E-state index contributed by atoms with van der Waals surface area (Å²) in [6.45, 7) is 4.54. The van der Waals surface area contributed by atoms with Crippen molar-refractivity contribution in [3.8, 4) is 12.3 Å². The second-order valence-corrected chi connectivity index (χ2v) is 7.17. The van der Waals surface area contributed by atoms with Crippen LogP contribution in [0.1, 0.15) is 108 Å². The maximum absolute atomic E-state index is 5.75. The first-order valence-electron chi connectivity index (χ1n) is 10.4. The second kappa shape index (κ2) is 14.2. The Bertz CT molecular complexity index is 463. The molecule has 0 saturated heterocycles. The normalized spacial score (nSPS) is 10.7. The third-order valence-electron chi connectivity index (χ3n) is 4.95. The quantitative estimate of drug-likeness (QED) is 0.245. The minimum absolute atomic E-state index is 1.13. The monoisotopic (exact) mass is 326 g/mol. The standard InChI is InChI=1S/C24H38/c1-4-7-9-11-13-15-17-22-19-20-24(23(6-3)21-22)18-16-14-12-10-8-5-2/h3,19-21H,4-5,7-18H2,1-2H3. The number of terminal acetylenes is 1. The Labute approximate surface area is 151 Å². The third-order valence-corrected chi connectivity index (χ3v) is 4.95. The van der Waals surface area contributed by atoms with Crippen molar-refractivity contribution in [1.82, 2.24) is 0 Å². The molecule has 134 valence electrons. The van der Waals surface area contributed by atoms with Gasteiger partial charge >= 0.3 is 0 Å². The minimum atomic E-state index is 1.13. The molecule has 24 heavy (non-hydrogen) atoms. The van der Waals surface area contributed by atoms with Crippen molar-refractivity contribution in [2.45, 2.75) is 104 Å². The Morgan fingerprint density at radius 1 is 0.708 bits per heavy atom. The largest absolute Gasteiger partial charge is 0.115 e. The lowest BCUT2D eigenvalue weighted by molar-refractivity contribution is 0.606. The summed E-state index contributed by atoms with van der Waals surface area (Å²) in [5.74, 6) is 2.92. The Morgan fingerprint density at radius 2 is 1.25 bits per heavy atom. The van der Waals surface area contributed by atoms with Crippen LogP contribution in [0.5, 0.6) is 0 Å². The number of rotatable bonds is 14. The van der Waals surface area contributed by atoms with Crippen molar-refractivity contribution in [3.63, 3.8) is 0 Å². The Balaban J connectivity index is 2.32. The highest BCUT2D eigenvalue weighted by atomic mass is 14.1. The number of hydrogen-bond donors (Lipinski definition) is 0. The maximum Gasteiger partial charge on any atom is 0.0277 e. The van der Waals surface area contributed by atoms with E-state index in [1.807, 2.05) is 0 Å². The van der Waals surface area contributed by atoms with Gasteiger partial charge in [0, 0.05) is 5.56 Å². The van der Waals surface area contributed by atoms with Crippen molar-refractivity contribution >= 4 is 0 Å². The lowest BCUT2D eigenvalue weighted by Gasteiger charge is -2.08. The molecule has 1 rings (SSSR count). The summed E-state index contributed by atoms with van der Waals surface area (Å²) in [6.07, 6.45) is 24.3. The average Bonchev–Trinajstić information content (AvgIpc) is 2.61. The number of aryl methyl sites for hydroxylation is 2.